The number of nitrogens with one attached hydrogen (secondary N) is 1. The van der Waals surface area contributed by atoms with Gasteiger partial charge in [-0.2, -0.15) is 0 Å². The van der Waals surface area contributed by atoms with Crippen LogP contribution in [0.4, 0.5) is 0 Å². The Morgan fingerprint density at radius 3 is 2.89 bits per heavy atom. The molecule has 18 heavy (non-hydrogen) atoms. The van der Waals surface area contributed by atoms with Crippen LogP contribution in [0, 0.1) is 0 Å². The maximum Gasteiger partial charge on any atom is 0.127 e. The van der Waals surface area contributed by atoms with Gasteiger partial charge in [-0.05, 0) is 25.5 Å². The normalized spacial score (nSPS) is 10.1. The number of rotatable bonds is 9. The maximum atomic E-state index is 5.76. The lowest BCUT2D eigenvalue weighted by Crippen LogP contribution is -2.14. The fourth-order valence-corrected chi connectivity index (χ4v) is 1.59. The monoisotopic (exact) mass is 249 g/mol. The minimum atomic E-state index is 0.650. The second kappa shape index (κ2) is 8.59. The van der Waals surface area contributed by atoms with Gasteiger partial charge in [0.1, 0.15) is 11.5 Å². The molecule has 0 aliphatic carbocycles. The molecule has 1 N–H and O–H groups in total. The standard InChI is InChI=1S/C15H23NO2/c1-4-6-10-18-15-11-14(17-3)8-7-13(15)12-16-9-5-2/h4,7-8,11,16H,1,5-6,9-10,12H2,2-3H3. The summed E-state index contributed by atoms with van der Waals surface area (Å²) in [5.74, 6) is 1.71. The average Bonchev–Trinajstić information content (AvgIpc) is 2.40. The molecule has 3 heteroatoms. The Kier molecular flexibility index (Phi) is 6.96. The van der Waals surface area contributed by atoms with Crippen molar-refractivity contribution >= 4 is 0 Å². The third-order valence-corrected chi connectivity index (χ3v) is 2.60. The van der Waals surface area contributed by atoms with Gasteiger partial charge in [0, 0.05) is 18.2 Å². The minimum absolute atomic E-state index is 0.650. The van der Waals surface area contributed by atoms with E-state index in [0.717, 1.165) is 43.0 Å². The van der Waals surface area contributed by atoms with Gasteiger partial charge < -0.3 is 14.8 Å². The largest absolute Gasteiger partial charge is 0.497 e. The van der Waals surface area contributed by atoms with Crippen molar-refractivity contribution < 1.29 is 9.47 Å². The van der Waals surface area contributed by atoms with E-state index in [9.17, 15) is 0 Å². The van der Waals surface area contributed by atoms with Crippen molar-refractivity contribution in [1.82, 2.24) is 5.32 Å². The molecule has 1 aromatic rings. The molecule has 0 saturated carbocycles. The summed E-state index contributed by atoms with van der Waals surface area (Å²) in [6.07, 6.45) is 3.83. The highest BCUT2D eigenvalue weighted by molar-refractivity contribution is 5.40. The molecule has 0 fully saturated rings. The highest BCUT2D eigenvalue weighted by atomic mass is 16.5. The van der Waals surface area contributed by atoms with Gasteiger partial charge in [0.2, 0.25) is 0 Å². The van der Waals surface area contributed by atoms with E-state index in [1.807, 2.05) is 24.3 Å². The van der Waals surface area contributed by atoms with Crippen molar-refractivity contribution in [1.29, 1.82) is 0 Å². The Morgan fingerprint density at radius 1 is 1.39 bits per heavy atom. The molecule has 1 aromatic carbocycles. The third-order valence-electron chi connectivity index (χ3n) is 2.60. The van der Waals surface area contributed by atoms with E-state index in [1.54, 1.807) is 7.11 Å². The molecule has 0 aromatic heterocycles. The third kappa shape index (κ3) is 4.80. The first kappa shape index (κ1) is 14.6. The van der Waals surface area contributed by atoms with Crippen molar-refractivity contribution in [2.45, 2.75) is 26.3 Å². The van der Waals surface area contributed by atoms with Crippen LogP contribution in [0.3, 0.4) is 0 Å². The van der Waals surface area contributed by atoms with Crippen molar-refractivity contribution in [3.63, 3.8) is 0 Å². The first-order chi connectivity index (χ1) is 8.81. The highest BCUT2D eigenvalue weighted by Gasteiger charge is 2.05. The van der Waals surface area contributed by atoms with E-state index in [1.165, 1.54) is 0 Å². The molecule has 0 aliphatic rings. The molecule has 0 spiro atoms. The van der Waals surface area contributed by atoms with Crippen LogP contribution >= 0.6 is 0 Å². The molecule has 0 aliphatic heterocycles. The number of methoxy groups -OCH3 is 1. The molecule has 1 rings (SSSR count). The molecular weight excluding hydrogens is 226 g/mol. The van der Waals surface area contributed by atoms with Crippen LogP contribution in [0.1, 0.15) is 25.3 Å². The van der Waals surface area contributed by atoms with Gasteiger partial charge >= 0.3 is 0 Å². The van der Waals surface area contributed by atoms with Crippen LogP contribution in [0.2, 0.25) is 0 Å². The quantitative estimate of drug-likeness (QED) is 0.538. The van der Waals surface area contributed by atoms with Crippen LogP contribution in [0.25, 0.3) is 0 Å². The van der Waals surface area contributed by atoms with Gasteiger partial charge in [0.15, 0.2) is 0 Å². The molecule has 0 saturated heterocycles. The fourth-order valence-electron chi connectivity index (χ4n) is 1.59. The molecule has 0 unspecified atom stereocenters. The van der Waals surface area contributed by atoms with E-state index < -0.39 is 0 Å². The van der Waals surface area contributed by atoms with E-state index in [4.69, 9.17) is 9.47 Å². The Balaban J connectivity index is 2.69. The summed E-state index contributed by atoms with van der Waals surface area (Å²) in [6, 6.07) is 5.94. The second-order valence-electron chi connectivity index (χ2n) is 4.08. The van der Waals surface area contributed by atoms with Gasteiger partial charge in [-0.25, -0.2) is 0 Å². The van der Waals surface area contributed by atoms with Crippen molar-refractivity contribution in [2.24, 2.45) is 0 Å². The minimum Gasteiger partial charge on any atom is -0.497 e. The fraction of sp³-hybridized carbons (Fsp3) is 0.467. The van der Waals surface area contributed by atoms with Crippen LogP contribution in [0.5, 0.6) is 11.5 Å². The summed E-state index contributed by atoms with van der Waals surface area (Å²) in [4.78, 5) is 0. The summed E-state index contributed by atoms with van der Waals surface area (Å²) in [5.41, 5.74) is 1.16. The van der Waals surface area contributed by atoms with Crippen LogP contribution in [-0.4, -0.2) is 20.3 Å². The summed E-state index contributed by atoms with van der Waals surface area (Å²) < 4.78 is 11.0. The maximum absolute atomic E-state index is 5.76. The lowest BCUT2D eigenvalue weighted by atomic mass is 10.2. The van der Waals surface area contributed by atoms with Crippen LogP contribution in [0.15, 0.2) is 30.9 Å². The predicted molar refractivity (Wildman–Crippen MR) is 75.3 cm³/mol. The topological polar surface area (TPSA) is 30.5 Å². The lowest BCUT2D eigenvalue weighted by molar-refractivity contribution is 0.317. The Bertz CT molecular complexity index is 364. The lowest BCUT2D eigenvalue weighted by Gasteiger charge is -2.13. The summed E-state index contributed by atoms with van der Waals surface area (Å²) in [5, 5.41) is 3.38. The highest BCUT2D eigenvalue weighted by Crippen LogP contribution is 2.25. The number of ether oxygens (including phenoxy) is 2. The summed E-state index contributed by atoms with van der Waals surface area (Å²) >= 11 is 0. The Morgan fingerprint density at radius 2 is 2.22 bits per heavy atom. The van der Waals surface area contributed by atoms with Gasteiger partial charge in [0.25, 0.3) is 0 Å². The molecule has 3 nitrogen and oxygen atoms in total. The molecular formula is C15H23NO2. The molecule has 100 valence electrons. The van der Waals surface area contributed by atoms with E-state index in [2.05, 4.69) is 18.8 Å². The molecule has 0 bridgehead atoms. The van der Waals surface area contributed by atoms with Gasteiger partial charge in [0.05, 0.1) is 13.7 Å². The molecule has 0 atom stereocenters. The van der Waals surface area contributed by atoms with Crippen LogP contribution < -0.4 is 14.8 Å². The molecule has 0 heterocycles. The smallest absolute Gasteiger partial charge is 0.127 e. The predicted octanol–water partition coefficient (Wildman–Crippen LogP) is 3.15. The zero-order valence-electron chi connectivity index (χ0n) is 11.4. The summed E-state index contributed by atoms with van der Waals surface area (Å²) in [7, 11) is 1.66. The van der Waals surface area contributed by atoms with Gasteiger partial charge in [-0.15, -0.1) is 6.58 Å². The Hall–Kier alpha value is -1.48. The Labute approximate surface area is 110 Å². The zero-order valence-corrected chi connectivity index (χ0v) is 11.4. The number of benzene rings is 1. The first-order valence-corrected chi connectivity index (χ1v) is 6.43. The number of hydrogen-bond acceptors (Lipinski definition) is 3. The average molecular weight is 249 g/mol. The zero-order chi connectivity index (χ0) is 13.2. The first-order valence-electron chi connectivity index (χ1n) is 6.43. The summed E-state index contributed by atoms with van der Waals surface area (Å²) in [6.45, 7) is 8.33. The molecule has 0 amide bonds. The number of hydrogen-bond donors (Lipinski definition) is 1. The van der Waals surface area contributed by atoms with E-state index >= 15 is 0 Å². The van der Waals surface area contributed by atoms with Gasteiger partial charge in [-0.3, -0.25) is 0 Å². The van der Waals surface area contributed by atoms with Gasteiger partial charge in [-0.1, -0.05) is 19.1 Å². The van der Waals surface area contributed by atoms with E-state index in [-0.39, 0.29) is 0 Å². The molecule has 0 radical (unpaired) electrons. The van der Waals surface area contributed by atoms with Crippen LogP contribution in [-0.2, 0) is 6.54 Å². The second-order valence-corrected chi connectivity index (χ2v) is 4.08. The SMILES string of the molecule is C=CCCOc1cc(OC)ccc1CNCCC. The van der Waals surface area contributed by atoms with E-state index in [0.29, 0.717) is 6.61 Å². The van der Waals surface area contributed by atoms with Crippen molar-refractivity contribution in [2.75, 3.05) is 20.3 Å². The van der Waals surface area contributed by atoms with Crippen molar-refractivity contribution in [3.8, 4) is 11.5 Å². The van der Waals surface area contributed by atoms with Crippen molar-refractivity contribution in [3.05, 3.63) is 36.4 Å².